The number of aromatic nitrogens is 3. The van der Waals surface area contributed by atoms with Crippen molar-refractivity contribution < 1.29 is 18.3 Å². The molecule has 2 N–H and O–H groups in total. The van der Waals surface area contributed by atoms with Gasteiger partial charge in [0.05, 0.1) is 10.9 Å². The van der Waals surface area contributed by atoms with Crippen LogP contribution in [0.15, 0.2) is 57.9 Å². The van der Waals surface area contributed by atoms with Gasteiger partial charge in [-0.3, -0.25) is 14.3 Å². The molecule has 0 aliphatic rings. The smallest absolute Gasteiger partial charge is 0.271 e. The number of nitrogens with zero attached hydrogens (tertiary/aromatic N) is 3. The highest BCUT2D eigenvalue weighted by Gasteiger charge is 2.22. The van der Waals surface area contributed by atoms with Gasteiger partial charge in [0.2, 0.25) is 5.95 Å². The van der Waals surface area contributed by atoms with Gasteiger partial charge in [0, 0.05) is 35.3 Å². The zero-order valence-electron chi connectivity index (χ0n) is 20.1. The van der Waals surface area contributed by atoms with Gasteiger partial charge >= 0.3 is 0 Å². The molecule has 0 saturated heterocycles. The third-order valence-corrected chi connectivity index (χ3v) is 6.07. The standard InChI is InChI=1S/C27H23FN4O4/c1-13-9-18(15(3)35-21-7-8-22(28)30-23(21)27(29)34)26-19(10-13)24(33)14(2)25(36-26)16-5-6-20-17(11-16)12-32(4)31-20/h5-12,15H,1-4H3,(H2,29,34)/t15-/m1/s1. The van der Waals surface area contributed by atoms with Crippen molar-refractivity contribution >= 4 is 27.8 Å². The van der Waals surface area contributed by atoms with Crippen molar-refractivity contribution in [1.29, 1.82) is 0 Å². The molecule has 3 aromatic heterocycles. The molecule has 0 fully saturated rings. The van der Waals surface area contributed by atoms with E-state index in [9.17, 15) is 14.0 Å². The average Bonchev–Trinajstić information content (AvgIpc) is 3.21. The highest BCUT2D eigenvalue weighted by Crippen LogP contribution is 2.34. The fourth-order valence-electron chi connectivity index (χ4n) is 4.38. The Morgan fingerprint density at radius 2 is 1.94 bits per heavy atom. The lowest BCUT2D eigenvalue weighted by Gasteiger charge is -2.19. The second-order valence-electron chi connectivity index (χ2n) is 8.80. The molecule has 3 heterocycles. The summed E-state index contributed by atoms with van der Waals surface area (Å²) in [5, 5.41) is 5.73. The predicted molar refractivity (Wildman–Crippen MR) is 133 cm³/mol. The Kier molecular flexibility index (Phi) is 5.55. The molecule has 1 amide bonds. The third-order valence-electron chi connectivity index (χ3n) is 6.07. The molecule has 8 nitrogen and oxygen atoms in total. The molecule has 2 aromatic carbocycles. The molecule has 182 valence electrons. The second kappa shape index (κ2) is 8.60. The predicted octanol–water partition coefficient (Wildman–Crippen LogP) is 4.74. The van der Waals surface area contributed by atoms with Crippen LogP contribution in [0.25, 0.3) is 33.2 Å². The van der Waals surface area contributed by atoms with Crippen LogP contribution in [0, 0.1) is 19.8 Å². The van der Waals surface area contributed by atoms with E-state index < -0.39 is 18.0 Å². The van der Waals surface area contributed by atoms with Crippen LogP contribution in [0.1, 0.15) is 40.2 Å². The lowest BCUT2D eigenvalue weighted by atomic mass is 9.99. The number of hydrogen-bond acceptors (Lipinski definition) is 6. The van der Waals surface area contributed by atoms with Gasteiger partial charge < -0.3 is 14.9 Å². The van der Waals surface area contributed by atoms with Crippen molar-refractivity contribution in [3.63, 3.8) is 0 Å². The Morgan fingerprint density at radius 3 is 2.69 bits per heavy atom. The van der Waals surface area contributed by atoms with Crippen LogP contribution in [-0.2, 0) is 7.05 Å². The molecule has 0 aliphatic heterocycles. The molecular formula is C27H23FN4O4. The number of carbonyl (C=O) groups is 1. The maximum absolute atomic E-state index is 13.6. The molecule has 36 heavy (non-hydrogen) atoms. The van der Waals surface area contributed by atoms with E-state index >= 15 is 0 Å². The van der Waals surface area contributed by atoms with Gasteiger partial charge in [-0.05, 0) is 68.8 Å². The molecule has 5 rings (SSSR count). The Bertz CT molecular complexity index is 1740. The van der Waals surface area contributed by atoms with Gasteiger partial charge in [0.25, 0.3) is 5.91 Å². The fourth-order valence-corrected chi connectivity index (χ4v) is 4.38. The van der Waals surface area contributed by atoms with Gasteiger partial charge in [-0.25, -0.2) is 4.98 Å². The minimum Gasteiger partial charge on any atom is -0.483 e. The molecule has 0 bridgehead atoms. The first kappa shape index (κ1) is 23.2. The number of hydrogen-bond donors (Lipinski definition) is 1. The van der Waals surface area contributed by atoms with Crippen molar-refractivity contribution in [3.8, 4) is 17.1 Å². The summed E-state index contributed by atoms with van der Waals surface area (Å²) in [6, 6.07) is 11.7. The monoisotopic (exact) mass is 486 g/mol. The van der Waals surface area contributed by atoms with Crippen LogP contribution in [-0.4, -0.2) is 20.7 Å². The average molecular weight is 487 g/mol. The SMILES string of the molecule is Cc1cc([C@@H](C)Oc2ccc(F)nc2C(N)=O)c2oc(-c3ccc4nn(C)cc4c3)c(C)c(=O)c2c1. The number of halogens is 1. The first-order chi connectivity index (χ1) is 17.1. The van der Waals surface area contributed by atoms with E-state index in [0.717, 1.165) is 28.1 Å². The Labute approximate surface area is 205 Å². The Hall–Kier alpha value is -4.53. The van der Waals surface area contributed by atoms with E-state index in [1.54, 1.807) is 24.6 Å². The van der Waals surface area contributed by atoms with Gasteiger partial charge in [-0.1, -0.05) is 0 Å². The first-order valence-corrected chi connectivity index (χ1v) is 11.3. The minimum absolute atomic E-state index is 0.0303. The normalized spacial score (nSPS) is 12.2. The number of primary amides is 1. The van der Waals surface area contributed by atoms with Gasteiger partial charge in [-0.2, -0.15) is 9.49 Å². The van der Waals surface area contributed by atoms with Crippen molar-refractivity contribution in [2.45, 2.75) is 26.9 Å². The minimum atomic E-state index is -0.916. The van der Waals surface area contributed by atoms with E-state index in [1.807, 2.05) is 44.4 Å². The fraction of sp³-hybridized carbons (Fsp3) is 0.185. The number of pyridine rings is 1. The maximum Gasteiger partial charge on any atom is 0.271 e. The van der Waals surface area contributed by atoms with Crippen LogP contribution in [0.4, 0.5) is 4.39 Å². The molecule has 0 radical (unpaired) electrons. The highest BCUT2D eigenvalue weighted by molar-refractivity contribution is 5.93. The Balaban J connectivity index is 1.67. The molecular weight excluding hydrogens is 463 g/mol. The number of ether oxygens (including phenoxy) is 1. The lowest BCUT2D eigenvalue weighted by molar-refractivity contribution is 0.0987. The molecule has 0 spiro atoms. The van der Waals surface area contributed by atoms with E-state index in [2.05, 4.69) is 10.1 Å². The molecule has 5 aromatic rings. The van der Waals surface area contributed by atoms with Crippen LogP contribution in [0.3, 0.4) is 0 Å². The van der Waals surface area contributed by atoms with Crippen molar-refractivity contribution in [2.75, 3.05) is 0 Å². The number of nitrogens with two attached hydrogens (primary N) is 1. The van der Waals surface area contributed by atoms with Crippen molar-refractivity contribution in [2.24, 2.45) is 12.8 Å². The first-order valence-electron chi connectivity index (χ1n) is 11.3. The summed E-state index contributed by atoms with van der Waals surface area (Å²) in [6.07, 6.45) is 1.21. The quantitative estimate of drug-likeness (QED) is 0.359. The summed E-state index contributed by atoms with van der Waals surface area (Å²) in [5.74, 6) is -1.29. The number of aryl methyl sites for hydroxylation is 2. The van der Waals surface area contributed by atoms with Gasteiger partial charge in [0.15, 0.2) is 16.9 Å². The topological polar surface area (TPSA) is 113 Å². The van der Waals surface area contributed by atoms with E-state index in [4.69, 9.17) is 14.9 Å². The zero-order valence-corrected chi connectivity index (χ0v) is 20.1. The van der Waals surface area contributed by atoms with Crippen LogP contribution < -0.4 is 15.9 Å². The largest absolute Gasteiger partial charge is 0.483 e. The molecule has 1 atom stereocenters. The summed E-state index contributed by atoms with van der Waals surface area (Å²) in [7, 11) is 1.84. The maximum atomic E-state index is 13.6. The summed E-state index contributed by atoms with van der Waals surface area (Å²) >= 11 is 0. The van der Waals surface area contributed by atoms with E-state index in [1.165, 1.54) is 6.07 Å². The van der Waals surface area contributed by atoms with Crippen LogP contribution >= 0.6 is 0 Å². The molecule has 9 heteroatoms. The third kappa shape index (κ3) is 3.98. The van der Waals surface area contributed by atoms with Crippen LogP contribution in [0.2, 0.25) is 0 Å². The molecule has 0 saturated carbocycles. The summed E-state index contributed by atoms with van der Waals surface area (Å²) in [6.45, 7) is 5.34. The second-order valence-corrected chi connectivity index (χ2v) is 8.80. The summed E-state index contributed by atoms with van der Waals surface area (Å²) in [4.78, 5) is 28.8. The number of amides is 1. The molecule has 0 aliphatic carbocycles. The van der Waals surface area contributed by atoms with Crippen molar-refractivity contribution in [1.82, 2.24) is 14.8 Å². The van der Waals surface area contributed by atoms with Crippen molar-refractivity contribution in [3.05, 3.63) is 87.2 Å². The van der Waals surface area contributed by atoms with Gasteiger partial charge in [-0.15, -0.1) is 0 Å². The zero-order chi connectivity index (χ0) is 25.7. The molecule has 0 unspecified atom stereocenters. The van der Waals surface area contributed by atoms with Crippen LogP contribution in [0.5, 0.6) is 5.75 Å². The Morgan fingerprint density at radius 1 is 1.17 bits per heavy atom. The number of rotatable bonds is 5. The van der Waals surface area contributed by atoms with Gasteiger partial charge in [0.1, 0.15) is 17.4 Å². The number of benzene rings is 2. The summed E-state index contributed by atoms with van der Waals surface area (Å²) < 4.78 is 27.7. The van der Waals surface area contributed by atoms with E-state index in [0.29, 0.717) is 27.9 Å². The van der Waals surface area contributed by atoms with E-state index in [-0.39, 0.29) is 16.9 Å². The number of fused-ring (bicyclic) bond motifs is 2. The number of carbonyl (C=O) groups excluding carboxylic acids is 1. The highest BCUT2D eigenvalue weighted by atomic mass is 19.1. The lowest BCUT2D eigenvalue weighted by Crippen LogP contribution is -2.17. The summed E-state index contributed by atoms with van der Waals surface area (Å²) in [5.41, 5.74) is 8.72.